The monoisotopic (exact) mass is 194 g/mol. The van der Waals surface area contributed by atoms with Crippen LogP contribution in [0.25, 0.3) is 0 Å². The average Bonchev–Trinajstić information content (AvgIpc) is 1.82. The van der Waals surface area contributed by atoms with Gasteiger partial charge in [-0.05, 0) is 13.3 Å². The molecule has 0 aliphatic carbocycles. The van der Waals surface area contributed by atoms with Crippen LogP contribution in [0, 0.1) is 0 Å². The first-order chi connectivity index (χ1) is 4.18. The molecule has 0 saturated carbocycles. The van der Waals surface area contributed by atoms with Gasteiger partial charge in [0, 0.05) is 0 Å². The van der Waals surface area contributed by atoms with Gasteiger partial charge >= 0.3 is 5.97 Å². The van der Waals surface area contributed by atoms with Crippen molar-refractivity contribution < 1.29 is 9.53 Å². The first kappa shape index (κ1) is 8.95. The number of rotatable bonds is 3. The molecular weight excluding hydrogens is 184 g/mol. The summed E-state index contributed by atoms with van der Waals surface area (Å²) in [6.07, 6.45) is 0.880. The number of hydrogen-bond donors (Lipinski definition) is 0. The van der Waals surface area contributed by atoms with Gasteiger partial charge < -0.3 is 4.74 Å². The van der Waals surface area contributed by atoms with E-state index < -0.39 is 0 Å². The van der Waals surface area contributed by atoms with Crippen molar-refractivity contribution in [3.05, 3.63) is 0 Å². The van der Waals surface area contributed by atoms with E-state index in [-0.39, 0.29) is 10.8 Å². The molecule has 0 saturated heterocycles. The van der Waals surface area contributed by atoms with Gasteiger partial charge in [0.1, 0.15) is 4.83 Å². The second kappa shape index (κ2) is 4.79. The van der Waals surface area contributed by atoms with Gasteiger partial charge in [0.15, 0.2) is 0 Å². The lowest BCUT2D eigenvalue weighted by Gasteiger charge is -2.02. The fourth-order valence-electron chi connectivity index (χ4n) is 0.317. The Balaban J connectivity index is 3.28. The van der Waals surface area contributed by atoms with E-state index in [1.807, 2.05) is 6.92 Å². The van der Waals surface area contributed by atoms with Crippen LogP contribution in [0.2, 0.25) is 0 Å². The fraction of sp³-hybridized carbons (Fsp3) is 0.833. The van der Waals surface area contributed by atoms with Crippen molar-refractivity contribution in [3.8, 4) is 0 Å². The minimum Gasteiger partial charge on any atom is -0.465 e. The standard InChI is InChI=1S/C6H11BrO2/c1-3-4-9-6(8)5(2)7/h5H,3-4H2,1-2H3/t5-/m1/s1. The minimum absolute atomic E-state index is 0.177. The molecule has 3 heteroatoms. The number of hydrogen-bond acceptors (Lipinski definition) is 2. The molecule has 9 heavy (non-hydrogen) atoms. The molecule has 0 aromatic heterocycles. The number of halogens is 1. The number of carbonyl (C=O) groups is 1. The molecule has 0 heterocycles. The summed E-state index contributed by atoms with van der Waals surface area (Å²) in [5, 5.41) is 0. The Labute approximate surface area is 63.7 Å². The number of esters is 1. The van der Waals surface area contributed by atoms with E-state index in [2.05, 4.69) is 15.9 Å². The van der Waals surface area contributed by atoms with Crippen LogP contribution in [0.4, 0.5) is 0 Å². The maximum absolute atomic E-state index is 10.6. The van der Waals surface area contributed by atoms with Crippen molar-refractivity contribution in [2.75, 3.05) is 6.61 Å². The maximum Gasteiger partial charge on any atom is 0.319 e. The van der Waals surface area contributed by atoms with E-state index in [1.54, 1.807) is 6.92 Å². The largest absolute Gasteiger partial charge is 0.465 e. The van der Waals surface area contributed by atoms with Crippen molar-refractivity contribution in [1.82, 2.24) is 0 Å². The number of alkyl halides is 1. The van der Waals surface area contributed by atoms with Crippen LogP contribution in [0.5, 0.6) is 0 Å². The highest BCUT2D eigenvalue weighted by Gasteiger charge is 2.07. The summed E-state index contributed by atoms with van der Waals surface area (Å²) >= 11 is 3.10. The SMILES string of the molecule is CCCOC(=O)[C@@H](C)Br. The van der Waals surface area contributed by atoms with Crippen molar-refractivity contribution in [3.63, 3.8) is 0 Å². The third-order valence-electron chi connectivity index (χ3n) is 0.773. The van der Waals surface area contributed by atoms with E-state index in [1.165, 1.54) is 0 Å². The van der Waals surface area contributed by atoms with Crippen molar-refractivity contribution in [2.45, 2.75) is 25.1 Å². The zero-order chi connectivity index (χ0) is 7.28. The summed E-state index contributed by atoms with van der Waals surface area (Å²) in [5.74, 6) is -0.183. The van der Waals surface area contributed by atoms with Gasteiger partial charge in [-0.2, -0.15) is 0 Å². The Morgan fingerprint density at radius 3 is 2.67 bits per heavy atom. The lowest BCUT2D eigenvalue weighted by Crippen LogP contribution is -2.14. The van der Waals surface area contributed by atoms with Crippen LogP contribution >= 0.6 is 15.9 Å². The second-order valence-electron chi connectivity index (χ2n) is 1.78. The Hall–Kier alpha value is -0.0500. The second-order valence-corrected chi connectivity index (χ2v) is 3.16. The highest BCUT2D eigenvalue weighted by Crippen LogP contribution is 1.99. The normalized spacial score (nSPS) is 12.8. The predicted octanol–water partition coefficient (Wildman–Crippen LogP) is 1.72. The minimum atomic E-state index is -0.183. The molecule has 1 atom stereocenters. The van der Waals surface area contributed by atoms with Crippen LogP contribution < -0.4 is 0 Å². The third kappa shape index (κ3) is 4.45. The van der Waals surface area contributed by atoms with Gasteiger partial charge in [-0.3, -0.25) is 4.79 Å². The van der Waals surface area contributed by atoms with E-state index >= 15 is 0 Å². The molecule has 0 spiro atoms. The Bertz CT molecular complexity index is 91.1. The van der Waals surface area contributed by atoms with E-state index in [9.17, 15) is 4.79 Å². The molecule has 2 nitrogen and oxygen atoms in total. The summed E-state index contributed by atoms with van der Waals surface area (Å²) < 4.78 is 4.77. The predicted molar refractivity (Wildman–Crippen MR) is 39.6 cm³/mol. The van der Waals surface area contributed by atoms with E-state index in [0.717, 1.165) is 6.42 Å². The van der Waals surface area contributed by atoms with Gasteiger partial charge in [0.25, 0.3) is 0 Å². The molecule has 0 aliphatic rings. The number of ether oxygens (including phenoxy) is 1. The highest BCUT2D eigenvalue weighted by atomic mass is 79.9. The summed E-state index contributed by atoms with van der Waals surface area (Å²) in [4.78, 5) is 10.5. The van der Waals surface area contributed by atoms with Crippen LogP contribution in [-0.4, -0.2) is 17.4 Å². The number of carbonyl (C=O) groups excluding carboxylic acids is 1. The van der Waals surface area contributed by atoms with Gasteiger partial charge in [-0.25, -0.2) is 0 Å². The van der Waals surface area contributed by atoms with E-state index in [4.69, 9.17) is 4.74 Å². The molecule has 0 aromatic rings. The van der Waals surface area contributed by atoms with Crippen LogP contribution in [0.3, 0.4) is 0 Å². The van der Waals surface area contributed by atoms with Gasteiger partial charge in [0.2, 0.25) is 0 Å². The van der Waals surface area contributed by atoms with E-state index in [0.29, 0.717) is 6.61 Å². The molecule has 0 fully saturated rings. The first-order valence-corrected chi connectivity index (χ1v) is 3.90. The molecule has 0 radical (unpaired) electrons. The van der Waals surface area contributed by atoms with Crippen LogP contribution in [0.15, 0.2) is 0 Å². The Kier molecular flexibility index (Phi) is 4.77. The Morgan fingerprint density at radius 1 is 1.78 bits per heavy atom. The molecule has 0 rings (SSSR count). The molecule has 0 N–H and O–H groups in total. The zero-order valence-electron chi connectivity index (χ0n) is 5.69. The molecule has 0 bridgehead atoms. The smallest absolute Gasteiger partial charge is 0.319 e. The summed E-state index contributed by atoms with van der Waals surface area (Å²) in [6, 6.07) is 0. The van der Waals surface area contributed by atoms with Gasteiger partial charge in [-0.1, -0.05) is 22.9 Å². The van der Waals surface area contributed by atoms with Crippen LogP contribution in [0.1, 0.15) is 20.3 Å². The summed E-state index contributed by atoms with van der Waals surface area (Å²) in [7, 11) is 0. The fourth-order valence-corrected chi connectivity index (χ4v) is 0.450. The average molecular weight is 195 g/mol. The molecule has 0 aromatic carbocycles. The third-order valence-corrected chi connectivity index (χ3v) is 1.15. The zero-order valence-corrected chi connectivity index (χ0v) is 7.27. The van der Waals surface area contributed by atoms with Gasteiger partial charge in [-0.15, -0.1) is 0 Å². The van der Waals surface area contributed by atoms with Crippen molar-refractivity contribution >= 4 is 21.9 Å². The molecule has 0 unspecified atom stereocenters. The first-order valence-electron chi connectivity index (χ1n) is 2.99. The lowest BCUT2D eigenvalue weighted by atomic mass is 10.5. The molecule has 0 aliphatic heterocycles. The Morgan fingerprint density at radius 2 is 2.33 bits per heavy atom. The highest BCUT2D eigenvalue weighted by molar-refractivity contribution is 9.10. The van der Waals surface area contributed by atoms with Gasteiger partial charge in [0.05, 0.1) is 6.61 Å². The maximum atomic E-state index is 10.6. The van der Waals surface area contributed by atoms with Crippen molar-refractivity contribution in [1.29, 1.82) is 0 Å². The summed E-state index contributed by atoms with van der Waals surface area (Å²) in [5.41, 5.74) is 0. The van der Waals surface area contributed by atoms with Crippen LogP contribution in [-0.2, 0) is 9.53 Å². The molecule has 0 amide bonds. The molecule has 54 valence electrons. The molecular formula is C6H11BrO2. The quantitative estimate of drug-likeness (QED) is 0.506. The topological polar surface area (TPSA) is 26.3 Å². The van der Waals surface area contributed by atoms with Crippen molar-refractivity contribution in [2.24, 2.45) is 0 Å². The summed E-state index contributed by atoms with van der Waals surface area (Å²) in [6.45, 7) is 4.24. The lowest BCUT2D eigenvalue weighted by molar-refractivity contribution is -0.142.